The minimum absolute atomic E-state index is 0.127. The average molecular weight is 375 g/mol. The molecule has 2 aromatic carbocycles. The van der Waals surface area contributed by atoms with E-state index < -0.39 is 0 Å². The van der Waals surface area contributed by atoms with Crippen LogP contribution in [0.15, 0.2) is 53.0 Å². The molecule has 0 aliphatic heterocycles. The molecule has 1 unspecified atom stereocenters. The van der Waals surface area contributed by atoms with Gasteiger partial charge in [-0.3, -0.25) is 9.59 Å². The van der Waals surface area contributed by atoms with Crippen molar-refractivity contribution in [2.75, 3.05) is 11.9 Å². The molecule has 0 saturated heterocycles. The molecule has 2 rings (SSSR count). The first-order valence-electron chi connectivity index (χ1n) is 7.46. The molecule has 1 amide bonds. The van der Waals surface area contributed by atoms with Gasteiger partial charge < -0.3 is 10.6 Å². The quantitative estimate of drug-likeness (QED) is 0.759. The molecule has 23 heavy (non-hydrogen) atoms. The van der Waals surface area contributed by atoms with Gasteiger partial charge in [-0.05, 0) is 31.7 Å². The van der Waals surface area contributed by atoms with Crippen molar-refractivity contribution in [3.63, 3.8) is 0 Å². The van der Waals surface area contributed by atoms with Gasteiger partial charge in [0.1, 0.15) is 0 Å². The van der Waals surface area contributed by atoms with Crippen LogP contribution in [0, 0.1) is 0 Å². The van der Waals surface area contributed by atoms with E-state index in [1.807, 2.05) is 25.1 Å². The number of hydrogen-bond acceptors (Lipinski definition) is 3. The molecule has 0 radical (unpaired) electrons. The van der Waals surface area contributed by atoms with Crippen LogP contribution >= 0.6 is 15.9 Å². The van der Waals surface area contributed by atoms with Gasteiger partial charge in [0.2, 0.25) is 5.91 Å². The van der Waals surface area contributed by atoms with E-state index in [2.05, 4.69) is 26.6 Å². The Kier molecular flexibility index (Phi) is 6.07. The lowest BCUT2D eigenvalue weighted by Gasteiger charge is -2.15. The zero-order valence-corrected chi connectivity index (χ0v) is 14.7. The number of likely N-dealkylation sites (N-methyl/N-ethyl adjacent to an activating group) is 1. The Bertz CT molecular complexity index is 701. The molecule has 0 heterocycles. The second kappa shape index (κ2) is 8.04. The maximum atomic E-state index is 12.7. The Hall–Kier alpha value is -1.98. The number of carbonyl (C=O) groups is 2. The summed E-state index contributed by atoms with van der Waals surface area (Å²) in [6.07, 6.45) is 0. The predicted molar refractivity (Wildman–Crippen MR) is 95.8 cm³/mol. The Morgan fingerprint density at radius 1 is 1.13 bits per heavy atom. The average Bonchev–Trinajstić information content (AvgIpc) is 2.56. The molecule has 4 nitrogen and oxygen atoms in total. The highest BCUT2D eigenvalue weighted by Gasteiger charge is 2.18. The van der Waals surface area contributed by atoms with Gasteiger partial charge in [0.25, 0.3) is 0 Å². The highest BCUT2D eigenvalue weighted by atomic mass is 79.9. The summed E-state index contributed by atoms with van der Waals surface area (Å²) in [7, 11) is 0. The van der Waals surface area contributed by atoms with E-state index in [0.29, 0.717) is 23.4 Å². The summed E-state index contributed by atoms with van der Waals surface area (Å²) in [6, 6.07) is 13.9. The maximum absolute atomic E-state index is 12.7. The van der Waals surface area contributed by atoms with Gasteiger partial charge in [0, 0.05) is 15.6 Å². The first kappa shape index (κ1) is 17.4. The Labute approximate surface area is 144 Å². The van der Waals surface area contributed by atoms with Crippen LogP contribution in [0.1, 0.15) is 29.8 Å². The van der Waals surface area contributed by atoms with Crippen LogP contribution in [0.2, 0.25) is 0 Å². The van der Waals surface area contributed by atoms with Gasteiger partial charge in [0.15, 0.2) is 5.78 Å². The summed E-state index contributed by atoms with van der Waals surface area (Å²) in [5.41, 5.74) is 1.56. The van der Waals surface area contributed by atoms with Crippen molar-refractivity contribution >= 4 is 33.3 Å². The normalized spacial score (nSPS) is 11.8. The number of anilines is 1. The molecule has 0 spiro atoms. The molecule has 1 atom stereocenters. The van der Waals surface area contributed by atoms with Gasteiger partial charge in [-0.2, -0.15) is 0 Å². The molecule has 0 aliphatic rings. The number of hydrogen-bond donors (Lipinski definition) is 2. The second-order valence-corrected chi connectivity index (χ2v) is 6.07. The second-order valence-electron chi connectivity index (χ2n) is 5.15. The Balaban J connectivity index is 2.31. The smallest absolute Gasteiger partial charge is 0.241 e. The van der Waals surface area contributed by atoms with Gasteiger partial charge >= 0.3 is 0 Å². The van der Waals surface area contributed by atoms with E-state index in [-0.39, 0.29) is 17.7 Å². The number of nitrogens with one attached hydrogen (secondary N) is 2. The summed E-state index contributed by atoms with van der Waals surface area (Å²) in [5, 5.41) is 5.88. The Morgan fingerprint density at radius 3 is 2.48 bits per heavy atom. The lowest BCUT2D eigenvalue weighted by atomic mass is 10.0. The van der Waals surface area contributed by atoms with Gasteiger partial charge in [-0.1, -0.05) is 53.2 Å². The van der Waals surface area contributed by atoms with Gasteiger partial charge in [0.05, 0.1) is 11.7 Å². The van der Waals surface area contributed by atoms with E-state index in [0.717, 1.165) is 4.47 Å². The number of carbonyl (C=O) groups excluding carboxylic acids is 2. The molecule has 0 fully saturated rings. The minimum Gasteiger partial charge on any atom is -0.324 e. The zero-order chi connectivity index (χ0) is 16.8. The third kappa shape index (κ3) is 4.50. The number of benzene rings is 2. The number of halogens is 1. The molecule has 2 N–H and O–H groups in total. The van der Waals surface area contributed by atoms with E-state index >= 15 is 0 Å². The van der Waals surface area contributed by atoms with Crippen molar-refractivity contribution in [3.8, 4) is 0 Å². The molecular weight excluding hydrogens is 356 g/mol. The lowest BCUT2D eigenvalue weighted by Crippen LogP contribution is -2.38. The van der Waals surface area contributed by atoms with Crippen LogP contribution in [0.25, 0.3) is 0 Å². The summed E-state index contributed by atoms with van der Waals surface area (Å²) >= 11 is 3.38. The molecule has 0 saturated carbocycles. The summed E-state index contributed by atoms with van der Waals surface area (Å²) in [5.74, 6) is -0.297. The predicted octanol–water partition coefficient (Wildman–Crippen LogP) is 3.62. The number of ketones is 1. The minimum atomic E-state index is -0.330. The summed E-state index contributed by atoms with van der Waals surface area (Å²) < 4.78 is 0.787. The van der Waals surface area contributed by atoms with Crippen LogP contribution in [0.4, 0.5) is 5.69 Å². The third-order valence-corrected chi connectivity index (χ3v) is 3.92. The molecule has 0 aromatic heterocycles. The van der Waals surface area contributed by atoms with Crippen molar-refractivity contribution in [1.82, 2.24) is 5.32 Å². The molecule has 0 bridgehead atoms. The topological polar surface area (TPSA) is 58.2 Å². The van der Waals surface area contributed by atoms with E-state index in [1.165, 1.54) is 0 Å². The van der Waals surface area contributed by atoms with Crippen molar-refractivity contribution in [2.24, 2.45) is 0 Å². The largest absolute Gasteiger partial charge is 0.324 e. The van der Waals surface area contributed by atoms with Crippen molar-refractivity contribution in [2.45, 2.75) is 19.9 Å². The van der Waals surface area contributed by atoms with E-state index in [4.69, 9.17) is 0 Å². The molecule has 120 valence electrons. The highest BCUT2D eigenvalue weighted by molar-refractivity contribution is 9.10. The fourth-order valence-electron chi connectivity index (χ4n) is 2.20. The monoisotopic (exact) mass is 374 g/mol. The lowest BCUT2D eigenvalue weighted by molar-refractivity contribution is -0.117. The standard InChI is InChI=1S/C18H19BrN2O2/c1-3-20-12(2)18(23)21-16-10-9-14(19)11-15(16)17(22)13-7-5-4-6-8-13/h4-12,20H,3H2,1-2H3,(H,21,23). The van der Waals surface area contributed by atoms with E-state index in [1.54, 1.807) is 37.3 Å². The van der Waals surface area contributed by atoms with Crippen molar-refractivity contribution in [1.29, 1.82) is 0 Å². The summed E-state index contributed by atoms with van der Waals surface area (Å²) in [6.45, 7) is 4.43. The Morgan fingerprint density at radius 2 is 1.83 bits per heavy atom. The van der Waals surface area contributed by atoms with Crippen molar-refractivity contribution < 1.29 is 9.59 Å². The maximum Gasteiger partial charge on any atom is 0.241 e. The molecule has 5 heteroatoms. The fourth-order valence-corrected chi connectivity index (χ4v) is 2.56. The van der Waals surface area contributed by atoms with Crippen LogP contribution in [0.3, 0.4) is 0 Å². The number of amides is 1. The third-order valence-electron chi connectivity index (χ3n) is 3.42. The first-order chi connectivity index (χ1) is 11.0. The molecular formula is C18H19BrN2O2. The van der Waals surface area contributed by atoms with Gasteiger partial charge in [-0.25, -0.2) is 0 Å². The van der Waals surface area contributed by atoms with Crippen LogP contribution in [0.5, 0.6) is 0 Å². The fraction of sp³-hybridized carbons (Fsp3) is 0.222. The molecule has 2 aromatic rings. The van der Waals surface area contributed by atoms with Crippen LogP contribution < -0.4 is 10.6 Å². The van der Waals surface area contributed by atoms with Crippen LogP contribution in [-0.2, 0) is 4.79 Å². The van der Waals surface area contributed by atoms with Crippen molar-refractivity contribution in [3.05, 3.63) is 64.1 Å². The zero-order valence-electron chi connectivity index (χ0n) is 13.1. The first-order valence-corrected chi connectivity index (χ1v) is 8.25. The van der Waals surface area contributed by atoms with E-state index in [9.17, 15) is 9.59 Å². The van der Waals surface area contributed by atoms with Crippen LogP contribution in [-0.4, -0.2) is 24.3 Å². The SMILES string of the molecule is CCNC(C)C(=O)Nc1ccc(Br)cc1C(=O)c1ccccc1. The highest BCUT2D eigenvalue weighted by Crippen LogP contribution is 2.24. The number of rotatable bonds is 6. The van der Waals surface area contributed by atoms with Gasteiger partial charge in [-0.15, -0.1) is 0 Å². The molecule has 0 aliphatic carbocycles. The summed E-state index contributed by atoms with van der Waals surface area (Å²) in [4.78, 5) is 24.9.